The van der Waals surface area contributed by atoms with Crippen molar-refractivity contribution in [3.05, 3.63) is 89.7 Å². The highest BCUT2D eigenvalue weighted by atomic mass is 32.2. The molecule has 3 aromatic rings. The Bertz CT molecular complexity index is 1430. The molecule has 40 heavy (non-hydrogen) atoms. The van der Waals surface area contributed by atoms with Crippen molar-refractivity contribution in [3.8, 4) is 5.75 Å². The van der Waals surface area contributed by atoms with Gasteiger partial charge in [0.1, 0.15) is 24.2 Å². The number of amides is 2. The average Bonchev–Trinajstić information content (AvgIpc) is 2.91. The summed E-state index contributed by atoms with van der Waals surface area (Å²) in [5.74, 6) is -1.39. The predicted octanol–water partition coefficient (Wildman–Crippen LogP) is 4.67. The molecule has 214 valence electrons. The van der Waals surface area contributed by atoms with Crippen LogP contribution in [0.15, 0.2) is 77.7 Å². The maximum atomic E-state index is 14.6. The molecule has 1 atom stereocenters. The van der Waals surface area contributed by atoms with Crippen LogP contribution < -0.4 is 14.4 Å². The molecule has 0 bridgehead atoms. The Kier molecular flexibility index (Phi) is 10.3. The molecule has 0 saturated heterocycles. The van der Waals surface area contributed by atoms with E-state index in [1.54, 1.807) is 63.2 Å². The molecule has 3 aromatic carbocycles. The molecule has 0 aliphatic heterocycles. The Morgan fingerprint density at radius 2 is 1.57 bits per heavy atom. The average molecular weight is 570 g/mol. The van der Waals surface area contributed by atoms with E-state index in [2.05, 4.69) is 5.32 Å². The third-order valence-corrected chi connectivity index (χ3v) is 7.99. The number of nitrogens with zero attached hydrogens (tertiary/aromatic N) is 2. The lowest BCUT2D eigenvalue weighted by Gasteiger charge is -2.32. The molecular weight excluding hydrogens is 533 g/mol. The first-order valence-electron chi connectivity index (χ1n) is 13.1. The Hall–Kier alpha value is -3.92. The number of anilines is 1. The van der Waals surface area contributed by atoms with Crippen LogP contribution in [0.1, 0.15) is 38.8 Å². The van der Waals surface area contributed by atoms with Crippen molar-refractivity contribution in [2.45, 2.75) is 58.1 Å². The molecule has 10 heteroatoms. The van der Waals surface area contributed by atoms with Crippen LogP contribution in [0.5, 0.6) is 5.75 Å². The van der Waals surface area contributed by atoms with Crippen LogP contribution in [0, 0.1) is 12.7 Å². The lowest BCUT2D eigenvalue weighted by molar-refractivity contribution is -0.139. The molecule has 0 fully saturated rings. The minimum absolute atomic E-state index is 0.0107. The number of carbonyl (C=O) groups excluding carboxylic acids is 2. The highest BCUT2D eigenvalue weighted by molar-refractivity contribution is 7.92. The van der Waals surface area contributed by atoms with Gasteiger partial charge < -0.3 is 15.0 Å². The van der Waals surface area contributed by atoms with Gasteiger partial charge in [-0.2, -0.15) is 0 Å². The molecule has 0 aliphatic carbocycles. The lowest BCUT2D eigenvalue weighted by atomic mass is 10.1. The van der Waals surface area contributed by atoms with Crippen LogP contribution in [-0.4, -0.2) is 50.4 Å². The van der Waals surface area contributed by atoms with Gasteiger partial charge in [-0.1, -0.05) is 48.0 Å². The normalized spacial score (nSPS) is 12.1. The topological polar surface area (TPSA) is 96.0 Å². The minimum Gasteiger partial charge on any atom is -0.492 e. The van der Waals surface area contributed by atoms with E-state index in [1.807, 2.05) is 6.92 Å². The van der Waals surface area contributed by atoms with Crippen molar-refractivity contribution < 1.29 is 27.1 Å². The number of rotatable bonds is 12. The number of benzene rings is 3. The molecule has 0 spiro atoms. The third-order valence-electron chi connectivity index (χ3n) is 6.22. The number of nitrogens with one attached hydrogen (secondary N) is 1. The zero-order valence-corrected chi connectivity index (χ0v) is 24.2. The highest BCUT2D eigenvalue weighted by Gasteiger charge is 2.34. The largest absolute Gasteiger partial charge is 0.492 e. The smallest absolute Gasteiger partial charge is 0.264 e. The highest BCUT2D eigenvalue weighted by Crippen LogP contribution is 2.33. The number of aryl methyl sites for hydroxylation is 1. The number of para-hydroxylation sites is 2. The summed E-state index contributed by atoms with van der Waals surface area (Å²) in [5, 5.41) is 2.77. The van der Waals surface area contributed by atoms with E-state index in [0.29, 0.717) is 0 Å². The molecule has 8 nitrogen and oxygen atoms in total. The lowest BCUT2D eigenvalue weighted by Crippen LogP contribution is -2.52. The van der Waals surface area contributed by atoms with Crippen molar-refractivity contribution in [2.75, 3.05) is 17.5 Å². The van der Waals surface area contributed by atoms with Crippen LogP contribution in [0.25, 0.3) is 0 Å². The summed E-state index contributed by atoms with van der Waals surface area (Å²) >= 11 is 0. The van der Waals surface area contributed by atoms with Crippen LogP contribution in [0.4, 0.5) is 10.1 Å². The standard InChI is InChI=1S/C30H36FN3O5S/c1-6-39-28-14-10-9-13-27(28)34(40(37,38)25-17-15-22(4)16-18-25)20-29(35)33(23(5)30(36)32-21(2)3)19-24-11-7-8-12-26(24)31/h7-18,21,23H,6,19-20H2,1-5H3,(H,32,36)/t23-/m1/s1. The molecular formula is C30H36FN3O5S. The van der Waals surface area contributed by atoms with Crippen LogP contribution >= 0.6 is 0 Å². The van der Waals surface area contributed by atoms with Crippen LogP contribution in [0.2, 0.25) is 0 Å². The van der Waals surface area contributed by atoms with E-state index in [1.165, 1.54) is 42.2 Å². The van der Waals surface area contributed by atoms with Gasteiger partial charge in [0, 0.05) is 18.2 Å². The molecule has 3 rings (SSSR count). The van der Waals surface area contributed by atoms with E-state index in [9.17, 15) is 22.4 Å². The predicted molar refractivity (Wildman–Crippen MR) is 153 cm³/mol. The van der Waals surface area contributed by atoms with Gasteiger partial charge in [0.25, 0.3) is 10.0 Å². The first-order chi connectivity index (χ1) is 18.9. The van der Waals surface area contributed by atoms with Gasteiger partial charge in [-0.05, 0) is 65.0 Å². The fourth-order valence-electron chi connectivity index (χ4n) is 4.09. The minimum atomic E-state index is -4.26. The van der Waals surface area contributed by atoms with Crippen molar-refractivity contribution >= 4 is 27.5 Å². The fourth-order valence-corrected chi connectivity index (χ4v) is 5.51. The Balaban J connectivity index is 2.09. The van der Waals surface area contributed by atoms with Gasteiger partial charge in [-0.25, -0.2) is 12.8 Å². The van der Waals surface area contributed by atoms with Crippen LogP contribution in [-0.2, 0) is 26.2 Å². The molecule has 1 N–H and O–H groups in total. The maximum absolute atomic E-state index is 14.6. The summed E-state index contributed by atoms with van der Waals surface area (Å²) in [6.07, 6.45) is 0. The van der Waals surface area contributed by atoms with Gasteiger partial charge in [0.2, 0.25) is 11.8 Å². The quantitative estimate of drug-likeness (QED) is 0.342. The molecule has 0 unspecified atom stereocenters. The van der Waals surface area contributed by atoms with E-state index >= 15 is 0 Å². The van der Waals surface area contributed by atoms with E-state index in [4.69, 9.17) is 4.74 Å². The van der Waals surface area contributed by atoms with E-state index in [-0.39, 0.29) is 41.1 Å². The van der Waals surface area contributed by atoms with Crippen molar-refractivity contribution in [3.63, 3.8) is 0 Å². The van der Waals surface area contributed by atoms with Gasteiger partial charge >= 0.3 is 0 Å². The number of carbonyl (C=O) groups is 2. The third kappa shape index (κ3) is 7.38. The molecule has 0 aliphatic rings. The number of halogens is 1. The summed E-state index contributed by atoms with van der Waals surface area (Å²) in [4.78, 5) is 28.1. The van der Waals surface area contributed by atoms with Gasteiger partial charge in [-0.3, -0.25) is 13.9 Å². The number of sulfonamides is 1. The van der Waals surface area contributed by atoms with Gasteiger partial charge in [-0.15, -0.1) is 0 Å². The monoisotopic (exact) mass is 569 g/mol. The van der Waals surface area contributed by atoms with E-state index < -0.39 is 40.2 Å². The van der Waals surface area contributed by atoms with E-state index in [0.717, 1.165) is 9.87 Å². The SMILES string of the molecule is CCOc1ccccc1N(CC(=O)N(Cc1ccccc1F)[C@H](C)C(=O)NC(C)C)S(=O)(=O)c1ccc(C)cc1. The second kappa shape index (κ2) is 13.4. The number of hydrogen-bond donors (Lipinski definition) is 1. The van der Waals surface area contributed by atoms with Crippen molar-refractivity contribution in [1.29, 1.82) is 0 Å². The molecule has 2 amide bonds. The summed E-state index contributed by atoms with van der Waals surface area (Å²) < 4.78 is 49.3. The van der Waals surface area contributed by atoms with Crippen LogP contribution in [0.3, 0.4) is 0 Å². The Morgan fingerprint density at radius 1 is 0.950 bits per heavy atom. The zero-order valence-electron chi connectivity index (χ0n) is 23.4. The maximum Gasteiger partial charge on any atom is 0.264 e. The summed E-state index contributed by atoms with van der Waals surface area (Å²) in [5.41, 5.74) is 1.24. The Labute approximate surface area is 235 Å². The van der Waals surface area contributed by atoms with Gasteiger partial charge in [0.05, 0.1) is 17.2 Å². The molecule has 0 heterocycles. The number of hydrogen-bond acceptors (Lipinski definition) is 5. The number of ether oxygens (including phenoxy) is 1. The molecule has 0 radical (unpaired) electrons. The van der Waals surface area contributed by atoms with Crippen molar-refractivity contribution in [2.24, 2.45) is 0 Å². The summed E-state index contributed by atoms with van der Waals surface area (Å²) in [7, 11) is -4.26. The first-order valence-corrected chi connectivity index (χ1v) is 14.5. The molecule has 0 aromatic heterocycles. The first kappa shape index (κ1) is 30.6. The Morgan fingerprint density at radius 3 is 2.20 bits per heavy atom. The van der Waals surface area contributed by atoms with Crippen molar-refractivity contribution in [1.82, 2.24) is 10.2 Å². The summed E-state index contributed by atoms with van der Waals surface area (Å²) in [6.45, 7) is 8.11. The summed E-state index contributed by atoms with van der Waals surface area (Å²) in [6, 6.07) is 17.6. The second-order valence-electron chi connectivity index (χ2n) is 9.68. The molecule has 0 saturated carbocycles. The fraction of sp³-hybridized carbons (Fsp3) is 0.333. The second-order valence-corrected chi connectivity index (χ2v) is 11.5. The van der Waals surface area contributed by atoms with Gasteiger partial charge in [0.15, 0.2) is 0 Å². The zero-order chi connectivity index (χ0) is 29.4.